The van der Waals surface area contributed by atoms with Gasteiger partial charge in [-0.05, 0) is 68.4 Å². The van der Waals surface area contributed by atoms with E-state index >= 15 is 0 Å². The first kappa shape index (κ1) is 18.7. The molecule has 142 valence electrons. The first-order chi connectivity index (χ1) is 12.0. The standard InChI is InChI=1S/C22H28Cl2O2/c1-13(25)19(2)10-8-16-17-6-5-14-11-15(26)7-9-20(14,3)22(17,24)18(23)12-21(16,19)4/h7,9,11,16-18H,5-6,8,10,12H2,1-4H3/t16?,17?,18-,19+,20-,21-,22-/m0/s1. The molecule has 0 aromatic rings. The number of halogens is 2. The summed E-state index contributed by atoms with van der Waals surface area (Å²) in [4.78, 5) is 23.9. The highest BCUT2D eigenvalue weighted by Crippen LogP contribution is 2.73. The molecule has 4 heteroatoms. The molecule has 0 spiro atoms. The van der Waals surface area contributed by atoms with Gasteiger partial charge in [0.1, 0.15) is 5.78 Å². The summed E-state index contributed by atoms with van der Waals surface area (Å²) in [5.74, 6) is 0.979. The Hall–Kier alpha value is -0.600. The Labute approximate surface area is 166 Å². The number of rotatable bonds is 1. The Morgan fingerprint density at radius 2 is 1.88 bits per heavy atom. The topological polar surface area (TPSA) is 34.1 Å². The molecule has 0 amide bonds. The van der Waals surface area contributed by atoms with Gasteiger partial charge in [-0.2, -0.15) is 0 Å². The van der Waals surface area contributed by atoms with Crippen LogP contribution in [-0.4, -0.2) is 21.8 Å². The van der Waals surface area contributed by atoms with Gasteiger partial charge in [-0.1, -0.05) is 32.4 Å². The van der Waals surface area contributed by atoms with Crippen molar-refractivity contribution in [3.63, 3.8) is 0 Å². The molecule has 0 N–H and O–H groups in total. The van der Waals surface area contributed by atoms with Crippen molar-refractivity contribution in [2.75, 3.05) is 0 Å². The Bertz CT molecular complexity index is 755. The summed E-state index contributed by atoms with van der Waals surface area (Å²) in [7, 11) is 0. The Balaban J connectivity index is 1.83. The van der Waals surface area contributed by atoms with E-state index < -0.39 is 10.3 Å². The number of hydrogen-bond acceptors (Lipinski definition) is 2. The van der Waals surface area contributed by atoms with E-state index in [4.69, 9.17) is 23.2 Å². The SMILES string of the molecule is CC(=O)[C@@]1(C)CCC2C3CCC4=CC(=O)C=C[C@]4(C)[C@@]3(Cl)[C@@H](Cl)C[C@@]21C. The van der Waals surface area contributed by atoms with Crippen LogP contribution in [0.5, 0.6) is 0 Å². The molecule has 2 nitrogen and oxygen atoms in total. The van der Waals surface area contributed by atoms with Crippen LogP contribution in [0.3, 0.4) is 0 Å². The second kappa shape index (κ2) is 5.47. The van der Waals surface area contributed by atoms with E-state index in [0.29, 0.717) is 5.92 Å². The lowest BCUT2D eigenvalue weighted by atomic mass is 9.45. The molecule has 4 rings (SSSR count). The van der Waals surface area contributed by atoms with Crippen LogP contribution >= 0.6 is 23.2 Å². The lowest BCUT2D eigenvalue weighted by molar-refractivity contribution is -0.136. The zero-order valence-corrected chi connectivity index (χ0v) is 17.6. The molecule has 3 fully saturated rings. The quantitative estimate of drug-likeness (QED) is 0.552. The van der Waals surface area contributed by atoms with Crippen molar-refractivity contribution >= 4 is 34.8 Å². The molecular weight excluding hydrogens is 367 g/mol. The van der Waals surface area contributed by atoms with Gasteiger partial charge in [-0.15, -0.1) is 23.2 Å². The number of carbonyl (C=O) groups is 2. The summed E-state index contributed by atoms with van der Waals surface area (Å²) >= 11 is 14.5. The second-order valence-electron chi connectivity index (χ2n) is 9.64. The molecule has 7 atom stereocenters. The van der Waals surface area contributed by atoms with Crippen LogP contribution in [0.4, 0.5) is 0 Å². The van der Waals surface area contributed by atoms with Crippen LogP contribution in [-0.2, 0) is 9.59 Å². The monoisotopic (exact) mass is 394 g/mol. The minimum Gasteiger partial charge on any atom is -0.299 e. The van der Waals surface area contributed by atoms with Crippen LogP contribution in [0, 0.1) is 28.1 Å². The molecule has 0 aromatic heterocycles. The zero-order chi connectivity index (χ0) is 19.1. The van der Waals surface area contributed by atoms with Gasteiger partial charge in [0.2, 0.25) is 0 Å². The Morgan fingerprint density at radius 3 is 2.54 bits per heavy atom. The largest absolute Gasteiger partial charge is 0.299 e. The highest BCUT2D eigenvalue weighted by molar-refractivity contribution is 6.34. The summed E-state index contributed by atoms with van der Waals surface area (Å²) in [6, 6.07) is 0. The molecular formula is C22H28Cl2O2. The van der Waals surface area contributed by atoms with Crippen molar-refractivity contribution in [3.8, 4) is 0 Å². The third kappa shape index (κ3) is 1.96. The van der Waals surface area contributed by atoms with Crippen LogP contribution in [0.15, 0.2) is 23.8 Å². The summed E-state index contributed by atoms with van der Waals surface area (Å²) in [5, 5.41) is -0.237. The van der Waals surface area contributed by atoms with Crippen LogP contribution in [0.25, 0.3) is 0 Å². The molecule has 0 bridgehead atoms. The molecule has 4 aliphatic carbocycles. The fraction of sp³-hybridized carbons (Fsp3) is 0.727. The summed E-state index contributed by atoms with van der Waals surface area (Å²) in [5.41, 5.74) is 0.296. The maximum absolute atomic E-state index is 12.6. The number of ketones is 2. The first-order valence-electron chi connectivity index (χ1n) is 9.79. The van der Waals surface area contributed by atoms with Crippen molar-refractivity contribution in [1.82, 2.24) is 0 Å². The fourth-order valence-electron chi connectivity index (χ4n) is 6.97. The van der Waals surface area contributed by atoms with E-state index in [1.807, 2.05) is 6.08 Å². The van der Waals surface area contributed by atoms with Gasteiger partial charge in [0.25, 0.3) is 0 Å². The summed E-state index contributed by atoms with van der Waals surface area (Å²) in [6.07, 6.45) is 9.97. The van der Waals surface area contributed by atoms with Gasteiger partial charge >= 0.3 is 0 Å². The molecule has 4 aliphatic rings. The summed E-state index contributed by atoms with van der Waals surface area (Å²) < 4.78 is 0. The third-order valence-electron chi connectivity index (χ3n) is 8.98. The highest BCUT2D eigenvalue weighted by atomic mass is 35.5. The van der Waals surface area contributed by atoms with Gasteiger partial charge in [0.15, 0.2) is 5.78 Å². The number of alkyl halides is 2. The van der Waals surface area contributed by atoms with E-state index in [0.717, 1.165) is 37.7 Å². The maximum Gasteiger partial charge on any atom is 0.178 e. The number of allylic oxidation sites excluding steroid dienone is 4. The van der Waals surface area contributed by atoms with Gasteiger partial charge in [-0.3, -0.25) is 9.59 Å². The van der Waals surface area contributed by atoms with Crippen molar-refractivity contribution in [2.24, 2.45) is 28.1 Å². The van der Waals surface area contributed by atoms with Crippen molar-refractivity contribution in [1.29, 1.82) is 0 Å². The zero-order valence-electron chi connectivity index (χ0n) is 16.1. The van der Waals surface area contributed by atoms with E-state index in [9.17, 15) is 9.59 Å². The van der Waals surface area contributed by atoms with E-state index in [-0.39, 0.29) is 33.7 Å². The minimum atomic E-state index is -0.609. The molecule has 26 heavy (non-hydrogen) atoms. The lowest BCUT2D eigenvalue weighted by Gasteiger charge is -2.64. The number of carbonyl (C=O) groups excluding carboxylic acids is 2. The molecule has 0 saturated heterocycles. The number of hydrogen-bond donors (Lipinski definition) is 0. The molecule has 0 aliphatic heterocycles. The lowest BCUT2D eigenvalue weighted by Crippen LogP contribution is -2.65. The van der Waals surface area contributed by atoms with Gasteiger partial charge in [0.05, 0.1) is 10.3 Å². The molecule has 3 saturated carbocycles. The smallest absolute Gasteiger partial charge is 0.178 e. The predicted molar refractivity (Wildman–Crippen MR) is 106 cm³/mol. The number of fused-ring (bicyclic) bond motifs is 5. The predicted octanol–water partition coefficient (Wildman–Crippen LogP) is 5.47. The van der Waals surface area contributed by atoms with Gasteiger partial charge in [-0.25, -0.2) is 0 Å². The van der Waals surface area contributed by atoms with Crippen LogP contribution in [0.2, 0.25) is 0 Å². The van der Waals surface area contributed by atoms with E-state index in [2.05, 4.69) is 20.8 Å². The van der Waals surface area contributed by atoms with E-state index in [1.54, 1.807) is 19.1 Å². The average molecular weight is 395 g/mol. The van der Waals surface area contributed by atoms with Gasteiger partial charge < -0.3 is 0 Å². The average Bonchev–Trinajstić information content (AvgIpc) is 2.83. The third-order valence-corrected chi connectivity index (χ3v) is 10.5. The second-order valence-corrected chi connectivity index (χ2v) is 10.8. The highest BCUT2D eigenvalue weighted by Gasteiger charge is 2.71. The van der Waals surface area contributed by atoms with Crippen molar-refractivity contribution < 1.29 is 9.59 Å². The molecule has 0 heterocycles. The van der Waals surface area contributed by atoms with Crippen molar-refractivity contribution in [2.45, 2.75) is 70.1 Å². The number of Topliss-reactive ketones (excluding diaryl/α,β-unsaturated/α-hetero) is 1. The Kier molecular flexibility index (Phi) is 3.95. The van der Waals surface area contributed by atoms with Crippen LogP contribution < -0.4 is 0 Å². The minimum absolute atomic E-state index is 0.0491. The normalized spacial score (nSPS) is 52.8. The first-order valence-corrected chi connectivity index (χ1v) is 10.6. The van der Waals surface area contributed by atoms with E-state index in [1.165, 1.54) is 0 Å². The fourth-order valence-corrected chi connectivity index (χ4v) is 8.20. The molecule has 0 aromatic carbocycles. The maximum atomic E-state index is 12.6. The Morgan fingerprint density at radius 1 is 1.19 bits per heavy atom. The molecule has 2 unspecified atom stereocenters. The van der Waals surface area contributed by atoms with Gasteiger partial charge in [0, 0.05) is 10.8 Å². The van der Waals surface area contributed by atoms with Crippen molar-refractivity contribution in [3.05, 3.63) is 23.8 Å². The molecule has 0 radical (unpaired) electrons. The van der Waals surface area contributed by atoms with Crippen LogP contribution in [0.1, 0.15) is 59.8 Å². The summed E-state index contributed by atoms with van der Waals surface area (Å²) in [6.45, 7) is 8.29.